The minimum Gasteiger partial charge on any atom is -0.354 e. The number of carbonyl (C=O) groups is 1. The van der Waals surface area contributed by atoms with Crippen LogP contribution in [0, 0.1) is 5.92 Å². The zero-order valence-corrected chi connectivity index (χ0v) is 13.7. The number of rotatable bonds is 6. The summed E-state index contributed by atoms with van der Waals surface area (Å²) in [6, 6.07) is 0. The first-order chi connectivity index (χ1) is 10.0. The molecule has 0 bridgehead atoms. The summed E-state index contributed by atoms with van der Waals surface area (Å²) in [5.41, 5.74) is 7.05. The number of carbonyl (C=O) groups excluding carboxylic acids is 1. The van der Waals surface area contributed by atoms with Crippen molar-refractivity contribution in [1.82, 2.24) is 10.2 Å². The molecule has 2 aliphatic rings. The number of nitrogens with two attached hydrogens (primary N) is 1. The Hall–Kier alpha value is -0.870. The fraction of sp³-hybridized carbons (Fsp3) is 0.824. The minimum absolute atomic E-state index is 0.0699. The molecule has 0 aromatic heterocycles. The van der Waals surface area contributed by atoms with E-state index in [0.29, 0.717) is 5.92 Å². The molecule has 1 aliphatic heterocycles. The van der Waals surface area contributed by atoms with Crippen LogP contribution in [-0.4, -0.2) is 42.5 Å². The quantitative estimate of drug-likeness (QED) is 0.737. The van der Waals surface area contributed by atoms with Crippen molar-refractivity contribution in [2.75, 3.05) is 26.2 Å². The van der Waals surface area contributed by atoms with Crippen molar-refractivity contribution < 1.29 is 4.79 Å². The number of nitrogens with zero attached hydrogens (tertiary/aromatic N) is 1. The van der Waals surface area contributed by atoms with Gasteiger partial charge in [-0.25, -0.2) is 0 Å². The van der Waals surface area contributed by atoms with Crippen LogP contribution in [0.15, 0.2) is 11.6 Å². The Morgan fingerprint density at radius 3 is 2.81 bits per heavy atom. The predicted octanol–water partition coefficient (Wildman–Crippen LogP) is 2.05. The summed E-state index contributed by atoms with van der Waals surface area (Å²) < 4.78 is 0. The first kappa shape index (κ1) is 16.5. The maximum atomic E-state index is 12.2. The van der Waals surface area contributed by atoms with Gasteiger partial charge in [-0.15, -0.1) is 0 Å². The lowest BCUT2D eigenvalue weighted by atomic mass is 9.97. The van der Waals surface area contributed by atoms with Gasteiger partial charge in [-0.05, 0) is 45.1 Å². The molecule has 3 N–H and O–H groups in total. The van der Waals surface area contributed by atoms with Crippen LogP contribution in [-0.2, 0) is 4.79 Å². The number of likely N-dealkylation sites (tertiary alicyclic amines) is 1. The number of hydrogen-bond donors (Lipinski definition) is 2. The minimum atomic E-state index is -0.585. The third-order valence-electron chi connectivity index (χ3n) is 4.89. The van der Waals surface area contributed by atoms with Gasteiger partial charge < -0.3 is 11.1 Å². The van der Waals surface area contributed by atoms with Crippen LogP contribution in [0.2, 0.25) is 0 Å². The lowest BCUT2D eigenvalue weighted by molar-refractivity contribution is -0.126. The highest BCUT2D eigenvalue weighted by molar-refractivity contribution is 5.86. The summed E-state index contributed by atoms with van der Waals surface area (Å²) in [6.45, 7) is 8.47. The maximum Gasteiger partial charge on any atom is 0.240 e. The highest BCUT2D eigenvalue weighted by atomic mass is 16.2. The average molecular weight is 293 g/mol. The van der Waals surface area contributed by atoms with Crippen molar-refractivity contribution in [2.24, 2.45) is 11.7 Å². The molecule has 1 saturated carbocycles. The van der Waals surface area contributed by atoms with E-state index in [0.717, 1.165) is 58.3 Å². The summed E-state index contributed by atoms with van der Waals surface area (Å²) in [4.78, 5) is 14.7. The van der Waals surface area contributed by atoms with Gasteiger partial charge in [0.2, 0.25) is 5.91 Å². The lowest BCUT2D eigenvalue weighted by Crippen LogP contribution is -2.52. The van der Waals surface area contributed by atoms with E-state index in [1.807, 2.05) is 0 Å². The molecule has 2 fully saturated rings. The maximum absolute atomic E-state index is 12.2. The van der Waals surface area contributed by atoms with Crippen LogP contribution in [0.25, 0.3) is 0 Å². The molecule has 0 aromatic rings. The smallest absolute Gasteiger partial charge is 0.240 e. The van der Waals surface area contributed by atoms with Crippen molar-refractivity contribution in [1.29, 1.82) is 0 Å². The summed E-state index contributed by atoms with van der Waals surface area (Å²) in [5, 5.41) is 3.10. The molecule has 1 aliphatic carbocycles. The number of nitrogens with one attached hydrogen (secondary N) is 1. The van der Waals surface area contributed by atoms with Gasteiger partial charge in [0.15, 0.2) is 0 Å². The van der Waals surface area contributed by atoms with Crippen LogP contribution in [0.1, 0.15) is 52.4 Å². The first-order valence-corrected chi connectivity index (χ1v) is 8.48. The second-order valence-electron chi connectivity index (χ2n) is 6.92. The van der Waals surface area contributed by atoms with Gasteiger partial charge in [-0.3, -0.25) is 9.69 Å². The summed E-state index contributed by atoms with van der Waals surface area (Å²) >= 11 is 0. The number of hydrogen-bond acceptors (Lipinski definition) is 3. The highest BCUT2D eigenvalue weighted by Crippen LogP contribution is 2.27. The molecule has 2 rings (SSSR count). The fourth-order valence-electron chi connectivity index (χ4n) is 3.63. The molecule has 1 heterocycles. The predicted molar refractivity (Wildman–Crippen MR) is 87.0 cm³/mol. The zero-order valence-electron chi connectivity index (χ0n) is 13.7. The summed E-state index contributed by atoms with van der Waals surface area (Å²) in [5.74, 6) is 0.647. The molecule has 120 valence electrons. The van der Waals surface area contributed by atoms with Gasteiger partial charge in [-0.2, -0.15) is 0 Å². The van der Waals surface area contributed by atoms with Crippen LogP contribution < -0.4 is 11.1 Å². The van der Waals surface area contributed by atoms with E-state index in [1.165, 1.54) is 12.0 Å². The Kier molecular flexibility index (Phi) is 5.82. The van der Waals surface area contributed by atoms with E-state index < -0.39 is 5.54 Å². The van der Waals surface area contributed by atoms with Crippen LogP contribution in [0.3, 0.4) is 0 Å². The molecule has 1 unspecified atom stereocenters. The van der Waals surface area contributed by atoms with Crippen LogP contribution in [0.5, 0.6) is 0 Å². The normalized spacial score (nSPS) is 26.2. The topological polar surface area (TPSA) is 58.4 Å². The molecule has 1 atom stereocenters. The fourth-order valence-corrected chi connectivity index (χ4v) is 3.63. The Morgan fingerprint density at radius 1 is 1.43 bits per heavy atom. The molecular formula is C17H31N3O. The third kappa shape index (κ3) is 4.55. The summed E-state index contributed by atoms with van der Waals surface area (Å²) in [6.07, 6.45) is 8.45. The average Bonchev–Trinajstić information content (AvgIpc) is 3.06. The Labute approximate surface area is 129 Å². The van der Waals surface area contributed by atoms with Crippen molar-refractivity contribution in [3.63, 3.8) is 0 Å². The summed E-state index contributed by atoms with van der Waals surface area (Å²) in [7, 11) is 0. The Morgan fingerprint density at radius 2 is 2.14 bits per heavy atom. The molecule has 1 amide bonds. The van der Waals surface area contributed by atoms with E-state index >= 15 is 0 Å². The van der Waals surface area contributed by atoms with Gasteiger partial charge in [0.05, 0.1) is 5.54 Å². The van der Waals surface area contributed by atoms with Gasteiger partial charge in [0, 0.05) is 19.6 Å². The van der Waals surface area contributed by atoms with E-state index in [-0.39, 0.29) is 5.91 Å². The molecule has 0 spiro atoms. The molecule has 21 heavy (non-hydrogen) atoms. The standard InChI is InChI=1S/C17H31N3O/c1-3-6-14(2)12-20-10-7-15(13-20)11-19-16(21)17(18)8-4-5-9-17/h6,15H,3-5,7-13,18H2,1-2H3,(H,19,21)/b14-6+. The van der Waals surface area contributed by atoms with Crippen molar-refractivity contribution >= 4 is 5.91 Å². The van der Waals surface area contributed by atoms with E-state index in [9.17, 15) is 4.79 Å². The van der Waals surface area contributed by atoms with Gasteiger partial charge in [-0.1, -0.05) is 31.4 Å². The Balaban J connectivity index is 1.71. The molecule has 0 aromatic carbocycles. The third-order valence-corrected chi connectivity index (χ3v) is 4.89. The lowest BCUT2D eigenvalue weighted by Gasteiger charge is -2.23. The highest BCUT2D eigenvalue weighted by Gasteiger charge is 2.37. The number of amides is 1. The van der Waals surface area contributed by atoms with Crippen molar-refractivity contribution in [2.45, 2.75) is 57.9 Å². The van der Waals surface area contributed by atoms with E-state index in [4.69, 9.17) is 5.73 Å². The molecule has 0 radical (unpaired) electrons. The largest absolute Gasteiger partial charge is 0.354 e. The van der Waals surface area contributed by atoms with Crippen LogP contribution in [0.4, 0.5) is 0 Å². The van der Waals surface area contributed by atoms with E-state index in [1.54, 1.807) is 0 Å². The van der Waals surface area contributed by atoms with Gasteiger partial charge >= 0.3 is 0 Å². The van der Waals surface area contributed by atoms with Crippen molar-refractivity contribution in [3.05, 3.63) is 11.6 Å². The second-order valence-corrected chi connectivity index (χ2v) is 6.92. The Bertz CT molecular complexity index is 385. The monoisotopic (exact) mass is 293 g/mol. The molecule has 1 saturated heterocycles. The SMILES string of the molecule is CC/C=C(\C)CN1CCC(CNC(=O)C2(N)CCCC2)C1. The first-order valence-electron chi connectivity index (χ1n) is 8.48. The van der Waals surface area contributed by atoms with E-state index in [2.05, 4.69) is 30.1 Å². The van der Waals surface area contributed by atoms with Crippen LogP contribution >= 0.6 is 0 Å². The zero-order chi connectivity index (χ0) is 15.3. The molecule has 4 nitrogen and oxygen atoms in total. The van der Waals surface area contributed by atoms with Gasteiger partial charge in [0.25, 0.3) is 0 Å². The van der Waals surface area contributed by atoms with Gasteiger partial charge in [0.1, 0.15) is 0 Å². The number of allylic oxidation sites excluding steroid dienone is 1. The molecular weight excluding hydrogens is 262 g/mol. The molecule has 4 heteroatoms. The second kappa shape index (κ2) is 7.41. The van der Waals surface area contributed by atoms with Crippen molar-refractivity contribution in [3.8, 4) is 0 Å².